The van der Waals surface area contributed by atoms with Gasteiger partial charge in [-0.3, -0.25) is 4.79 Å². The quantitative estimate of drug-likeness (QED) is 0.780. The van der Waals surface area contributed by atoms with Crippen LogP contribution >= 0.6 is 11.6 Å². The van der Waals surface area contributed by atoms with E-state index in [2.05, 4.69) is 4.98 Å². The van der Waals surface area contributed by atoms with E-state index in [9.17, 15) is 4.79 Å². The average molecular weight is 257 g/mol. The third kappa shape index (κ3) is 2.63. The molecule has 0 radical (unpaired) electrons. The minimum absolute atomic E-state index is 0.0962. The highest BCUT2D eigenvalue weighted by Gasteiger charge is 2.30. The summed E-state index contributed by atoms with van der Waals surface area (Å²) in [6.07, 6.45) is 1.99. The zero-order chi connectivity index (χ0) is 12.6. The van der Waals surface area contributed by atoms with Gasteiger partial charge in [-0.05, 0) is 25.7 Å². The van der Waals surface area contributed by atoms with Gasteiger partial charge in [0.15, 0.2) is 5.89 Å². The Hall–Kier alpha value is -1.03. The molecule has 17 heavy (non-hydrogen) atoms. The van der Waals surface area contributed by atoms with Gasteiger partial charge < -0.3 is 9.32 Å². The maximum absolute atomic E-state index is 12.1. The van der Waals surface area contributed by atoms with E-state index in [1.165, 1.54) is 0 Å². The predicted molar refractivity (Wildman–Crippen MR) is 65.3 cm³/mol. The van der Waals surface area contributed by atoms with Gasteiger partial charge in [-0.15, -0.1) is 11.6 Å². The lowest BCUT2D eigenvalue weighted by molar-refractivity contribution is 0.0713. The van der Waals surface area contributed by atoms with Crippen molar-refractivity contribution in [3.8, 4) is 0 Å². The normalized spacial score (nSPS) is 23.3. The largest absolute Gasteiger partial charge is 0.436 e. The topological polar surface area (TPSA) is 46.3 Å². The summed E-state index contributed by atoms with van der Waals surface area (Å²) in [5.41, 5.74) is 0.656. The first-order valence-corrected chi connectivity index (χ1v) is 6.24. The van der Waals surface area contributed by atoms with Gasteiger partial charge in [0.05, 0.1) is 5.69 Å². The van der Waals surface area contributed by atoms with Gasteiger partial charge in [0.1, 0.15) is 0 Å². The Labute approximate surface area is 106 Å². The Kier molecular flexibility index (Phi) is 3.43. The van der Waals surface area contributed by atoms with Crippen LogP contribution in [0.4, 0.5) is 0 Å². The molecule has 4 nitrogen and oxygen atoms in total. The molecule has 1 aliphatic carbocycles. The van der Waals surface area contributed by atoms with Crippen LogP contribution in [0, 0.1) is 19.8 Å². The predicted octanol–water partition coefficient (Wildman–Crippen LogP) is 2.38. The number of carbonyl (C=O) groups excluding carboxylic acids is 1. The van der Waals surface area contributed by atoms with Crippen LogP contribution in [-0.4, -0.2) is 34.8 Å². The summed E-state index contributed by atoms with van der Waals surface area (Å²) >= 11 is 5.92. The molecule has 0 saturated heterocycles. The number of alkyl halides is 1. The highest BCUT2D eigenvalue weighted by Crippen LogP contribution is 2.32. The number of hydrogen-bond acceptors (Lipinski definition) is 3. The monoisotopic (exact) mass is 256 g/mol. The molecule has 0 atom stereocenters. The van der Waals surface area contributed by atoms with Crippen LogP contribution < -0.4 is 0 Å². The summed E-state index contributed by atoms with van der Waals surface area (Å²) in [6, 6.07) is 0. The molecule has 1 aliphatic rings. The molecule has 1 heterocycles. The van der Waals surface area contributed by atoms with Crippen molar-refractivity contribution >= 4 is 17.5 Å². The first-order valence-electron chi connectivity index (χ1n) is 5.81. The van der Waals surface area contributed by atoms with Crippen LogP contribution in [0.2, 0.25) is 0 Å². The number of hydrogen-bond donors (Lipinski definition) is 0. The van der Waals surface area contributed by atoms with Crippen LogP contribution in [0.25, 0.3) is 0 Å². The number of amides is 1. The standard InChI is InChI=1S/C12H17ClN2O2/c1-7-11(17-8(2)14-7)12(16)15(3)6-9-4-10(13)5-9/h9-10H,4-6H2,1-3H3. The Balaban J connectivity index is 1.97. The Morgan fingerprint density at radius 2 is 2.18 bits per heavy atom. The molecule has 1 saturated carbocycles. The molecule has 0 aliphatic heterocycles. The van der Waals surface area contributed by atoms with Gasteiger partial charge in [-0.1, -0.05) is 0 Å². The fourth-order valence-electron chi connectivity index (χ4n) is 2.18. The van der Waals surface area contributed by atoms with Gasteiger partial charge in [-0.25, -0.2) is 4.98 Å². The highest BCUT2D eigenvalue weighted by molar-refractivity contribution is 6.21. The number of rotatable bonds is 3. The second-order valence-electron chi connectivity index (χ2n) is 4.77. The molecule has 0 N–H and O–H groups in total. The van der Waals surface area contributed by atoms with E-state index in [0.717, 1.165) is 19.4 Å². The van der Waals surface area contributed by atoms with Gasteiger partial charge in [-0.2, -0.15) is 0 Å². The van der Waals surface area contributed by atoms with Crippen LogP contribution in [0.5, 0.6) is 0 Å². The second kappa shape index (κ2) is 4.69. The van der Waals surface area contributed by atoms with Gasteiger partial charge >= 0.3 is 0 Å². The number of oxazole rings is 1. The molecule has 1 fully saturated rings. The highest BCUT2D eigenvalue weighted by atomic mass is 35.5. The van der Waals surface area contributed by atoms with E-state index in [1.807, 2.05) is 0 Å². The summed E-state index contributed by atoms with van der Waals surface area (Å²) in [4.78, 5) is 17.9. The number of aryl methyl sites for hydroxylation is 2. The summed E-state index contributed by atoms with van der Waals surface area (Å²) in [5, 5.41) is 0.290. The summed E-state index contributed by atoms with van der Waals surface area (Å²) < 4.78 is 5.32. The maximum Gasteiger partial charge on any atom is 0.291 e. The summed E-state index contributed by atoms with van der Waals surface area (Å²) in [7, 11) is 1.79. The van der Waals surface area contributed by atoms with Gasteiger partial charge in [0.25, 0.3) is 5.91 Å². The molecule has 0 aromatic carbocycles. The van der Waals surface area contributed by atoms with Crippen molar-refractivity contribution in [3.63, 3.8) is 0 Å². The molecular formula is C12H17ClN2O2. The molecule has 1 amide bonds. The van der Waals surface area contributed by atoms with E-state index in [1.54, 1.807) is 25.8 Å². The van der Waals surface area contributed by atoms with Crippen molar-refractivity contribution in [1.29, 1.82) is 0 Å². The SMILES string of the molecule is Cc1nc(C)c(C(=O)N(C)CC2CC(Cl)C2)o1. The van der Waals surface area contributed by atoms with Crippen LogP contribution in [0.3, 0.4) is 0 Å². The first kappa shape index (κ1) is 12.4. The second-order valence-corrected chi connectivity index (χ2v) is 5.39. The molecule has 2 rings (SSSR count). The third-order valence-corrected chi connectivity index (χ3v) is 3.51. The number of halogens is 1. The van der Waals surface area contributed by atoms with E-state index in [4.69, 9.17) is 16.0 Å². The molecule has 0 bridgehead atoms. The smallest absolute Gasteiger partial charge is 0.291 e. The van der Waals surface area contributed by atoms with E-state index < -0.39 is 0 Å². The Morgan fingerprint density at radius 1 is 1.53 bits per heavy atom. The van der Waals surface area contributed by atoms with Crippen molar-refractivity contribution in [2.75, 3.05) is 13.6 Å². The van der Waals surface area contributed by atoms with Gasteiger partial charge in [0, 0.05) is 25.9 Å². The molecule has 1 aromatic heterocycles. The lowest BCUT2D eigenvalue weighted by Crippen LogP contribution is -2.38. The minimum atomic E-state index is -0.0962. The van der Waals surface area contributed by atoms with Crippen LogP contribution in [0.15, 0.2) is 4.42 Å². The van der Waals surface area contributed by atoms with E-state index in [0.29, 0.717) is 23.3 Å². The van der Waals surface area contributed by atoms with Crippen molar-refractivity contribution in [3.05, 3.63) is 17.3 Å². The van der Waals surface area contributed by atoms with Crippen LogP contribution in [0.1, 0.15) is 35.0 Å². The molecular weight excluding hydrogens is 240 g/mol. The molecule has 0 spiro atoms. The average Bonchev–Trinajstić information content (AvgIpc) is 2.54. The van der Waals surface area contributed by atoms with E-state index >= 15 is 0 Å². The number of nitrogens with zero attached hydrogens (tertiary/aromatic N) is 2. The first-order chi connectivity index (χ1) is 7.97. The Bertz CT molecular complexity index is 424. The van der Waals surface area contributed by atoms with Crippen molar-refractivity contribution in [2.24, 2.45) is 5.92 Å². The molecule has 5 heteroatoms. The van der Waals surface area contributed by atoms with Gasteiger partial charge in [0.2, 0.25) is 5.76 Å². The third-order valence-electron chi connectivity index (χ3n) is 3.15. The zero-order valence-electron chi connectivity index (χ0n) is 10.4. The number of aromatic nitrogens is 1. The molecule has 0 unspecified atom stereocenters. The fourth-order valence-corrected chi connectivity index (χ4v) is 2.68. The van der Waals surface area contributed by atoms with E-state index in [-0.39, 0.29) is 11.3 Å². The minimum Gasteiger partial charge on any atom is -0.436 e. The maximum atomic E-state index is 12.1. The van der Waals surface area contributed by atoms with Crippen LogP contribution in [-0.2, 0) is 0 Å². The zero-order valence-corrected chi connectivity index (χ0v) is 11.1. The van der Waals surface area contributed by atoms with Crippen molar-refractivity contribution in [1.82, 2.24) is 9.88 Å². The fraction of sp³-hybridized carbons (Fsp3) is 0.667. The lowest BCUT2D eigenvalue weighted by atomic mass is 9.84. The summed E-state index contributed by atoms with van der Waals surface area (Å²) in [6.45, 7) is 4.27. The van der Waals surface area contributed by atoms with Crippen molar-refractivity contribution < 1.29 is 9.21 Å². The number of carbonyl (C=O) groups is 1. The molecule has 94 valence electrons. The molecule has 1 aromatic rings. The Morgan fingerprint density at radius 3 is 2.65 bits per heavy atom. The van der Waals surface area contributed by atoms with Crippen molar-refractivity contribution in [2.45, 2.75) is 32.1 Å². The summed E-state index contributed by atoms with van der Waals surface area (Å²) in [5.74, 6) is 1.31. The lowest BCUT2D eigenvalue weighted by Gasteiger charge is -2.33.